The molecule has 6 nitrogen and oxygen atoms in total. The zero-order valence-corrected chi connectivity index (χ0v) is 15.7. The number of hydrogen-bond acceptors (Lipinski definition) is 6. The third kappa shape index (κ3) is 4.36. The largest absolute Gasteiger partial charge is 0.402 e. The fourth-order valence-corrected chi connectivity index (χ4v) is 3.10. The molecule has 0 aromatic carbocycles. The molecular weight excluding hydrogens is 343 g/mol. The van der Waals surface area contributed by atoms with Crippen molar-refractivity contribution in [3.8, 4) is 0 Å². The number of aryl methyl sites for hydroxylation is 1. The Balaban J connectivity index is 1.83. The van der Waals surface area contributed by atoms with Crippen molar-refractivity contribution < 1.29 is 4.39 Å². The molecule has 0 radical (unpaired) electrons. The van der Waals surface area contributed by atoms with E-state index >= 15 is 0 Å². The van der Waals surface area contributed by atoms with Crippen molar-refractivity contribution in [3.63, 3.8) is 0 Å². The van der Waals surface area contributed by atoms with Gasteiger partial charge >= 0.3 is 0 Å². The number of aromatic nitrogens is 1. The second kappa shape index (κ2) is 7.92. The van der Waals surface area contributed by atoms with Crippen molar-refractivity contribution in [2.75, 3.05) is 0 Å². The fourth-order valence-electron chi connectivity index (χ4n) is 3.10. The lowest BCUT2D eigenvalue weighted by molar-refractivity contribution is 0.459. The molecule has 0 bridgehead atoms. The second-order valence-electron chi connectivity index (χ2n) is 7.18. The minimum atomic E-state index is -0.440. The van der Waals surface area contributed by atoms with Crippen molar-refractivity contribution in [1.29, 1.82) is 0 Å². The van der Waals surface area contributed by atoms with E-state index in [1.165, 1.54) is 6.08 Å². The van der Waals surface area contributed by atoms with Crippen LogP contribution in [0.25, 0.3) is 6.08 Å². The smallest absolute Gasteiger partial charge is 0.161 e. The molecule has 3 unspecified atom stereocenters. The highest BCUT2D eigenvalue weighted by molar-refractivity contribution is 5.97. The quantitative estimate of drug-likeness (QED) is 0.635. The molecule has 0 spiro atoms. The highest BCUT2D eigenvalue weighted by atomic mass is 19.1. The van der Waals surface area contributed by atoms with Crippen LogP contribution in [0.3, 0.4) is 0 Å². The molecule has 3 rings (SSSR count). The van der Waals surface area contributed by atoms with Gasteiger partial charge in [0.2, 0.25) is 0 Å². The van der Waals surface area contributed by atoms with Crippen LogP contribution in [0.4, 0.5) is 4.39 Å². The van der Waals surface area contributed by atoms with Crippen molar-refractivity contribution >= 4 is 11.9 Å². The maximum absolute atomic E-state index is 14.5. The zero-order chi connectivity index (χ0) is 19.6. The molecule has 0 fully saturated rings. The molecule has 1 aromatic rings. The summed E-state index contributed by atoms with van der Waals surface area (Å²) >= 11 is 0. The number of fused-ring (bicyclic) bond motifs is 1. The van der Waals surface area contributed by atoms with Crippen molar-refractivity contribution in [1.82, 2.24) is 15.6 Å². The summed E-state index contributed by atoms with van der Waals surface area (Å²) in [6.45, 7) is 7.55. The average molecular weight is 370 g/mol. The van der Waals surface area contributed by atoms with Crippen LogP contribution in [-0.4, -0.2) is 29.1 Å². The highest BCUT2D eigenvalue weighted by Crippen LogP contribution is 2.26. The molecule has 144 valence electrons. The first kappa shape index (κ1) is 19.1. The van der Waals surface area contributed by atoms with Crippen molar-refractivity contribution in [3.05, 3.63) is 59.5 Å². The molecule has 0 amide bonds. The Kier molecular flexibility index (Phi) is 5.60. The van der Waals surface area contributed by atoms with E-state index in [9.17, 15) is 4.39 Å². The normalized spacial score (nSPS) is 23.9. The Morgan fingerprint density at radius 2 is 2.15 bits per heavy atom. The summed E-state index contributed by atoms with van der Waals surface area (Å²) in [5, 5.41) is 6.46. The van der Waals surface area contributed by atoms with Gasteiger partial charge in [0.25, 0.3) is 0 Å². The molecule has 6 N–H and O–H groups in total. The number of nitrogens with two attached hydrogens (primary N) is 2. The summed E-state index contributed by atoms with van der Waals surface area (Å²) in [6.07, 6.45) is 6.54. The Bertz CT molecular complexity index is 810. The molecule has 27 heavy (non-hydrogen) atoms. The van der Waals surface area contributed by atoms with Gasteiger partial charge in [-0.3, -0.25) is 4.98 Å². The molecule has 1 aliphatic carbocycles. The Labute approximate surface area is 159 Å². The Morgan fingerprint density at radius 1 is 1.37 bits per heavy atom. The number of nitrogens with one attached hydrogen (secondary N) is 2. The standard InChI is InChI=1S/C20H27FN6/c1-11(22)13(3)25-20-17(21)10-16(12(2)23)19(27-20)26-15-6-7-18-14(9-15)5-4-8-24-18/h4-5,8-11,13,16,19,26H,2,6-7,22-23H2,1,3H3,(H,25,27)/t11-,13?,16?,19?/m0/s1. The van der Waals surface area contributed by atoms with E-state index in [-0.39, 0.29) is 17.9 Å². The van der Waals surface area contributed by atoms with Gasteiger partial charge in [-0.1, -0.05) is 12.6 Å². The summed E-state index contributed by atoms with van der Waals surface area (Å²) < 4.78 is 14.5. The lowest BCUT2D eigenvalue weighted by atomic mass is 9.96. The van der Waals surface area contributed by atoms with Crippen molar-refractivity contribution in [2.24, 2.45) is 22.4 Å². The monoisotopic (exact) mass is 370 g/mol. The maximum Gasteiger partial charge on any atom is 0.161 e. The second-order valence-corrected chi connectivity index (χ2v) is 7.18. The van der Waals surface area contributed by atoms with Gasteiger partial charge in [0.1, 0.15) is 6.17 Å². The van der Waals surface area contributed by atoms with Crippen LogP contribution < -0.4 is 22.1 Å². The third-order valence-corrected chi connectivity index (χ3v) is 4.96. The first-order valence-electron chi connectivity index (χ1n) is 9.18. The van der Waals surface area contributed by atoms with Crippen LogP contribution >= 0.6 is 0 Å². The number of halogens is 1. The topological polar surface area (TPSA) is 101 Å². The number of hydrogen-bond donors (Lipinski definition) is 4. The number of aliphatic imine (C=N–C) groups is 1. The SMILES string of the molecule is C=C(N)C1C=C(F)C(NC(C)[C@H](C)N)=NC1NC1=Cc2cccnc2CC1. The lowest BCUT2D eigenvalue weighted by Gasteiger charge is -2.31. The number of rotatable bonds is 5. The minimum absolute atomic E-state index is 0.118. The van der Waals surface area contributed by atoms with Gasteiger partial charge in [-0.15, -0.1) is 0 Å². The van der Waals surface area contributed by atoms with Gasteiger partial charge in [0.15, 0.2) is 11.7 Å². The van der Waals surface area contributed by atoms with Gasteiger partial charge in [0.05, 0.1) is 5.92 Å². The summed E-state index contributed by atoms with van der Waals surface area (Å²) in [7, 11) is 0. The predicted octanol–water partition coefficient (Wildman–Crippen LogP) is 1.96. The predicted molar refractivity (Wildman–Crippen MR) is 107 cm³/mol. The van der Waals surface area contributed by atoms with E-state index in [4.69, 9.17) is 11.5 Å². The summed E-state index contributed by atoms with van der Waals surface area (Å²) in [6, 6.07) is 3.69. The number of nitrogens with zero attached hydrogens (tertiary/aromatic N) is 2. The van der Waals surface area contributed by atoms with Crippen LogP contribution in [0.1, 0.15) is 31.5 Å². The van der Waals surface area contributed by atoms with E-state index in [0.29, 0.717) is 5.70 Å². The van der Waals surface area contributed by atoms with Crippen molar-refractivity contribution in [2.45, 2.75) is 44.9 Å². The molecule has 4 atom stereocenters. The molecule has 2 heterocycles. The molecule has 0 saturated heterocycles. The molecule has 2 aliphatic rings. The van der Waals surface area contributed by atoms with Crippen LogP contribution in [0.5, 0.6) is 0 Å². The number of amidine groups is 1. The van der Waals surface area contributed by atoms with Gasteiger partial charge in [0, 0.05) is 35.4 Å². The number of pyridine rings is 1. The Morgan fingerprint density at radius 3 is 2.85 bits per heavy atom. The van der Waals surface area contributed by atoms with Gasteiger partial charge in [-0.05, 0) is 50.5 Å². The van der Waals surface area contributed by atoms with Gasteiger partial charge < -0.3 is 22.1 Å². The fraction of sp³-hybridized carbons (Fsp3) is 0.400. The Hall–Kier alpha value is -2.67. The van der Waals surface area contributed by atoms with E-state index in [1.54, 1.807) is 6.20 Å². The maximum atomic E-state index is 14.5. The lowest BCUT2D eigenvalue weighted by Crippen LogP contribution is -2.47. The summed E-state index contributed by atoms with van der Waals surface area (Å²) in [4.78, 5) is 8.94. The zero-order valence-electron chi connectivity index (χ0n) is 15.7. The first-order chi connectivity index (χ1) is 12.8. The van der Waals surface area contributed by atoms with Crippen LogP contribution in [0.2, 0.25) is 0 Å². The summed E-state index contributed by atoms with van der Waals surface area (Å²) in [5.41, 5.74) is 15.3. The minimum Gasteiger partial charge on any atom is -0.402 e. The molecular formula is C20H27FN6. The highest BCUT2D eigenvalue weighted by Gasteiger charge is 2.29. The van der Waals surface area contributed by atoms with E-state index in [0.717, 1.165) is 29.8 Å². The van der Waals surface area contributed by atoms with Crippen LogP contribution in [0.15, 0.2) is 53.2 Å². The van der Waals surface area contributed by atoms with E-state index in [2.05, 4.69) is 33.3 Å². The third-order valence-electron chi connectivity index (χ3n) is 4.96. The molecule has 1 aliphatic heterocycles. The van der Waals surface area contributed by atoms with Crippen LogP contribution in [0, 0.1) is 5.92 Å². The summed E-state index contributed by atoms with van der Waals surface area (Å²) in [5.74, 6) is -0.685. The van der Waals surface area contributed by atoms with Crippen LogP contribution in [-0.2, 0) is 6.42 Å². The van der Waals surface area contributed by atoms with Gasteiger partial charge in [-0.2, -0.15) is 0 Å². The molecule has 0 saturated carbocycles. The van der Waals surface area contributed by atoms with Gasteiger partial charge in [-0.25, -0.2) is 9.38 Å². The van der Waals surface area contributed by atoms with E-state index < -0.39 is 17.9 Å². The first-order valence-corrected chi connectivity index (χ1v) is 9.18. The number of dihydropyridines is 1. The average Bonchev–Trinajstić information content (AvgIpc) is 2.63. The molecule has 1 aromatic heterocycles. The van der Waals surface area contributed by atoms with E-state index in [1.807, 2.05) is 26.0 Å². The number of allylic oxidation sites excluding steroid dienone is 1. The molecule has 7 heteroatoms.